The van der Waals surface area contributed by atoms with E-state index in [2.05, 4.69) is 15.6 Å². The first-order valence-corrected chi connectivity index (χ1v) is 13.5. The van der Waals surface area contributed by atoms with Gasteiger partial charge >= 0.3 is 5.97 Å². The van der Waals surface area contributed by atoms with Gasteiger partial charge in [-0.2, -0.15) is 0 Å². The number of ether oxygens (including phenoxy) is 2. The highest BCUT2D eigenvalue weighted by Gasteiger charge is 2.38. The van der Waals surface area contributed by atoms with Gasteiger partial charge in [-0.15, -0.1) is 0 Å². The maximum absolute atomic E-state index is 14.1. The van der Waals surface area contributed by atoms with Gasteiger partial charge in [0.25, 0.3) is 5.91 Å². The van der Waals surface area contributed by atoms with Crippen molar-refractivity contribution in [1.82, 2.24) is 4.98 Å². The van der Waals surface area contributed by atoms with E-state index >= 15 is 0 Å². The summed E-state index contributed by atoms with van der Waals surface area (Å²) in [5.41, 5.74) is 5.55. The number of nitrogens with zero attached hydrogens (tertiary/aromatic N) is 2. The molecule has 0 fully saturated rings. The zero-order chi connectivity index (χ0) is 30.2. The molecule has 2 heterocycles. The molecule has 8 nitrogen and oxygen atoms in total. The van der Waals surface area contributed by atoms with Crippen LogP contribution in [0.4, 0.5) is 21.5 Å². The number of halogens is 1. The summed E-state index contributed by atoms with van der Waals surface area (Å²) in [6.07, 6.45) is 1.62. The Morgan fingerprint density at radius 3 is 2.57 bits per heavy atom. The third-order valence-electron chi connectivity index (χ3n) is 7.46. The summed E-state index contributed by atoms with van der Waals surface area (Å²) in [6.45, 7) is 7.62. The van der Waals surface area contributed by atoms with Crippen LogP contribution in [-0.2, 0) is 11.3 Å². The molecule has 0 unspecified atom stereocenters. The molecular formula is C33H33FN4O4. The number of aryl methyl sites for hydroxylation is 2. The summed E-state index contributed by atoms with van der Waals surface area (Å²) >= 11 is 0. The summed E-state index contributed by atoms with van der Waals surface area (Å²) in [4.78, 5) is 31.9. The lowest BCUT2D eigenvalue weighted by Gasteiger charge is -2.40. The first-order valence-electron chi connectivity index (χ1n) is 13.5. The van der Waals surface area contributed by atoms with Crippen molar-refractivity contribution in [2.45, 2.75) is 39.8 Å². The number of rotatable bonds is 7. The van der Waals surface area contributed by atoms with Crippen LogP contribution in [0.1, 0.15) is 41.0 Å². The number of methoxy groups -OCH3 is 1. The molecule has 5 rings (SSSR count). The lowest BCUT2D eigenvalue weighted by Crippen LogP contribution is -2.52. The summed E-state index contributed by atoms with van der Waals surface area (Å²) in [7, 11) is 3.30. The van der Waals surface area contributed by atoms with Gasteiger partial charge in [0.15, 0.2) is 0 Å². The number of carbonyl (C=O) groups excluding carboxylic acids is 2. The van der Waals surface area contributed by atoms with Crippen LogP contribution in [0, 0.1) is 19.7 Å². The first kappa shape index (κ1) is 28.6. The summed E-state index contributed by atoms with van der Waals surface area (Å²) in [5, 5.41) is 6.72. The number of likely N-dealkylation sites (N-methyl/N-ethyl adjacent to an activating group) is 1. The molecule has 216 valence electrons. The highest BCUT2D eigenvalue weighted by molar-refractivity contribution is 6.09. The molecule has 0 radical (unpaired) electrons. The lowest BCUT2D eigenvalue weighted by atomic mass is 9.91. The zero-order valence-electron chi connectivity index (χ0n) is 24.5. The van der Waals surface area contributed by atoms with Crippen LogP contribution in [0.15, 0.2) is 66.9 Å². The van der Waals surface area contributed by atoms with Gasteiger partial charge in [-0.1, -0.05) is 12.1 Å². The average Bonchev–Trinajstić information content (AvgIpc) is 2.96. The topological polar surface area (TPSA) is 92.8 Å². The number of anilines is 3. The van der Waals surface area contributed by atoms with Crippen molar-refractivity contribution in [1.29, 1.82) is 0 Å². The van der Waals surface area contributed by atoms with Gasteiger partial charge in [-0.3, -0.25) is 9.78 Å². The smallest absolute Gasteiger partial charge is 0.345 e. The minimum Gasteiger partial charge on any atom is -0.496 e. The molecule has 2 N–H and O–H groups in total. The van der Waals surface area contributed by atoms with Gasteiger partial charge in [-0.05, 0) is 81.3 Å². The quantitative estimate of drug-likeness (QED) is 0.194. The second kappa shape index (κ2) is 11.2. The molecule has 4 aromatic rings. The number of aromatic nitrogens is 1. The summed E-state index contributed by atoms with van der Waals surface area (Å²) in [6, 6.07) is 17.0. The normalized spacial score (nSPS) is 13.7. The van der Waals surface area contributed by atoms with Crippen LogP contribution in [0.5, 0.6) is 11.5 Å². The SMILES string of the molecule is COc1cc(OC(=O)c2cccnc2C)ccc1-c1ccc2c(c1CNc1cc(F)ccc1C)N(C)C(=O)C(C)(C)N2. The van der Waals surface area contributed by atoms with Gasteiger partial charge in [0, 0.05) is 42.7 Å². The minimum atomic E-state index is -0.789. The van der Waals surface area contributed by atoms with Crippen LogP contribution >= 0.6 is 0 Å². The van der Waals surface area contributed by atoms with Crippen molar-refractivity contribution < 1.29 is 23.5 Å². The van der Waals surface area contributed by atoms with E-state index in [1.807, 2.05) is 39.0 Å². The summed E-state index contributed by atoms with van der Waals surface area (Å²) < 4.78 is 25.5. The molecule has 1 amide bonds. The van der Waals surface area contributed by atoms with Crippen molar-refractivity contribution in [2.75, 3.05) is 29.7 Å². The molecule has 0 aliphatic carbocycles. The number of hydrogen-bond donors (Lipinski definition) is 2. The van der Waals surface area contributed by atoms with E-state index in [-0.39, 0.29) is 11.7 Å². The number of esters is 1. The van der Waals surface area contributed by atoms with Crippen LogP contribution in [-0.4, -0.2) is 36.6 Å². The first-order chi connectivity index (χ1) is 20.0. The molecule has 9 heteroatoms. The Kier molecular flexibility index (Phi) is 7.60. The Hall–Kier alpha value is -4.92. The maximum atomic E-state index is 14.1. The van der Waals surface area contributed by atoms with Gasteiger partial charge in [-0.25, -0.2) is 9.18 Å². The standard InChI is InChI=1S/C33H33FN4O4/c1-19-9-10-21(34)16-28(19)36-18-26-24(13-14-27-30(26)38(5)32(40)33(3,4)37-27)25-12-11-22(17-29(25)41-6)42-31(39)23-8-7-15-35-20(23)2/h7-17,36-37H,18H2,1-6H3. The van der Waals surface area contributed by atoms with E-state index < -0.39 is 11.5 Å². The zero-order valence-corrected chi connectivity index (χ0v) is 24.5. The predicted octanol–water partition coefficient (Wildman–Crippen LogP) is 6.51. The Balaban J connectivity index is 1.58. The second-order valence-electron chi connectivity index (χ2n) is 10.8. The van der Waals surface area contributed by atoms with Crippen LogP contribution in [0.3, 0.4) is 0 Å². The van der Waals surface area contributed by atoms with E-state index in [4.69, 9.17) is 9.47 Å². The second-order valence-corrected chi connectivity index (χ2v) is 10.8. The van der Waals surface area contributed by atoms with Crippen molar-refractivity contribution in [3.05, 3.63) is 95.1 Å². The molecule has 0 atom stereocenters. The highest BCUT2D eigenvalue weighted by Crippen LogP contribution is 2.45. The Bertz CT molecular complexity index is 1700. The van der Waals surface area contributed by atoms with E-state index in [9.17, 15) is 14.0 Å². The minimum absolute atomic E-state index is 0.0877. The van der Waals surface area contributed by atoms with Gasteiger partial charge in [0.05, 0.1) is 29.7 Å². The van der Waals surface area contributed by atoms with Crippen LogP contribution in [0.2, 0.25) is 0 Å². The third kappa shape index (κ3) is 5.37. The van der Waals surface area contributed by atoms with Gasteiger partial charge in [0.1, 0.15) is 22.9 Å². The third-order valence-corrected chi connectivity index (χ3v) is 7.46. The Labute approximate surface area is 244 Å². The van der Waals surface area contributed by atoms with Gasteiger partial charge in [0.2, 0.25) is 0 Å². The molecule has 1 aliphatic heterocycles. The number of amides is 1. The molecule has 1 aromatic heterocycles. The molecule has 0 spiro atoms. The number of hydrogen-bond acceptors (Lipinski definition) is 7. The molecule has 0 bridgehead atoms. The van der Waals surface area contributed by atoms with Crippen molar-refractivity contribution >= 4 is 28.9 Å². The Morgan fingerprint density at radius 1 is 1.07 bits per heavy atom. The number of pyridine rings is 1. The van der Waals surface area contributed by atoms with Crippen molar-refractivity contribution in [3.8, 4) is 22.6 Å². The molecule has 42 heavy (non-hydrogen) atoms. The van der Waals surface area contributed by atoms with Crippen LogP contribution < -0.4 is 25.0 Å². The van der Waals surface area contributed by atoms with E-state index in [0.717, 1.165) is 27.9 Å². The fraction of sp³-hybridized carbons (Fsp3) is 0.242. The fourth-order valence-electron chi connectivity index (χ4n) is 5.25. The molecule has 1 aliphatic rings. The molecule has 3 aromatic carbocycles. The molecule has 0 saturated carbocycles. The van der Waals surface area contributed by atoms with E-state index in [0.29, 0.717) is 40.7 Å². The average molecular weight is 569 g/mol. The largest absolute Gasteiger partial charge is 0.496 e. The number of carbonyl (C=O) groups is 2. The van der Waals surface area contributed by atoms with E-state index in [1.54, 1.807) is 62.5 Å². The Morgan fingerprint density at radius 2 is 1.83 bits per heavy atom. The number of nitrogens with one attached hydrogen (secondary N) is 2. The number of benzene rings is 3. The highest BCUT2D eigenvalue weighted by atomic mass is 19.1. The lowest BCUT2D eigenvalue weighted by molar-refractivity contribution is -0.121. The van der Waals surface area contributed by atoms with Gasteiger partial charge < -0.3 is 25.0 Å². The fourth-order valence-corrected chi connectivity index (χ4v) is 5.25. The monoisotopic (exact) mass is 568 g/mol. The molecular weight excluding hydrogens is 535 g/mol. The summed E-state index contributed by atoms with van der Waals surface area (Å²) in [5.74, 6) is -0.164. The maximum Gasteiger partial charge on any atom is 0.345 e. The van der Waals surface area contributed by atoms with Crippen molar-refractivity contribution in [3.63, 3.8) is 0 Å². The van der Waals surface area contributed by atoms with Crippen LogP contribution in [0.25, 0.3) is 11.1 Å². The molecule has 0 saturated heterocycles. The van der Waals surface area contributed by atoms with Crippen molar-refractivity contribution in [2.24, 2.45) is 0 Å². The van der Waals surface area contributed by atoms with E-state index in [1.165, 1.54) is 12.1 Å². The predicted molar refractivity (Wildman–Crippen MR) is 162 cm³/mol. The number of fused-ring (bicyclic) bond motifs is 1.